The minimum atomic E-state index is 0.629. The Balaban J connectivity index is 1.42. The van der Waals surface area contributed by atoms with Crippen LogP contribution in [0, 0.1) is 6.92 Å². The predicted octanol–water partition coefficient (Wildman–Crippen LogP) is 3.22. The molecule has 0 aliphatic heterocycles. The van der Waals surface area contributed by atoms with Crippen LogP contribution in [-0.2, 0) is 19.9 Å². The van der Waals surface area contributed by atoms with E-state index < -0.39 is 0 Å². The number of anilines is 1. The first-order valence-electron chi connectivity index (χ1n) is 13.0. The van der Waals surface area contributed by atoms with Crippen LogP contribution >= 0.6 is 0 Å². The van der Waals surface area contributed by atoms with E-state index in [2.05, 4.69) is 82.1 Å². The SMILES string of the molecule is Cc1ccccc1Cc1nc2c(c(NCCCN(C)CCCN)n1)-c1ccc(-c3nnn(C)n3)cc1C2. The third-order valence-electron chi connectivity index (χ3n) is 6.89. The van der Waals surface area contributed by atoms with E-state index >= 15 is 0 Å². The third kappa shape index (κ3) is 5.68. The molecule has 0 bridgehead atoms. The number of fused-ring (bicyclic) bond motifs is 3. The van der Waals surface area contributed by atoms with E-state index in [1.54, 1.807) is 7.05 Å². The molecular formula is C28H35N9. The van der Waals surface area contributed by atoms with Gasteiger partial charge in [0.15, 0.2) is 0 Å². The van der Waals surface area contributed by atoms with Crippen molar-refractivity contribution in [3.8, 4) is 22.5 Å². The van der Waals surface area contributed by atoms with Gasteiger partial charge in [-0.05, 0) is 80.0 Å². The van der Waals surface area contributed by atoms with Gasteiger partial charge < -0.3 is 16.0 Å². The van der Waals surface area contributed by atoms with Gasteiger partial charge in [-0.15, -0.1) is 10.2 Å². The second kappa shape index (κ2) is 11.1. The summed E-state index contributed by atoms with van der Waals surface area (Å²) in [5.74, 6) is 2.39. The summed E-state index contributed by atoms with van der Waals surface area (Å²) < 4.78 is 0. The maximum absolute atomic E-state index is 5.66. The second-order valence-electron chi connectivity index (χ2n) is 9.79. The topological polar surface area (TPSA) is 111 Å². The van der Waals surface area contributed by atoms with Gasteiger partial charge in [-0.25, -0.2) is 9.97 Å². The Hall–Kier alpha value is -3.69. The van der Waals surface area contributed by atoms with Crippen molar-refractivity contribution in [1.82, 2.24) is 35.1 Å². The lowest BCUT2D eigenvalue weighted by Gasteiger charge is -2.17. The minimum Gasteiger partial charge on any atom is -0.369 e. The molecule has 9 nitrogen and oxygen atoms in total. The lowest BCUT2D eigenvalue weighted by molar-refractivity contribution is 0.330. The van der Waals surface area contributed by atoms with Crippen molar-refractivity contribution < 1.29 is 0 Å². The van der Waals surface area contributed by atoms with Gasteiger partial charge in [-0.1, -0.05) is 36.4 Å². The van der Waals surface area contributed by atoms with Crippen LogP contribution in [0.25, 0.3) is 22.5 Å². The Morgan fingerprint density at radius 3 is 2.70 bits per heavy atom. The standard InChI is InChI=1S/C28H35N9/c1-19-8-4-5-9-20(19)18-25-31-24-17-22-16-21(27-33-35-37(3)34-27)10-11-23(22)26(24)28(32-25)30-13-7-15-36(2)14-6-12-29/h4-5,8-11,16H,6-7,12-15,17-18,29H2,1-3H3,(H,30,31,32). The van der Waals surface area contributed by atoms with Gasteiger partial charge in [-0.3, -0.25) is 0 Å². The van der Waals surface area contributed by atoms with E-state index in [1.165, 1.54) is 27.1 Å². The summed E-state index contributed by atoms with van der Waals surface area (Å²) in [5, 5.41) is 16.2. The van der Waals surface area contributed by atoms with E-state index in [9.17, 15) is 0 Å². The number of aryl methyl sites for hydroxylation is 2. The molecule has 0 spiro atoms. The van der Waals surface area contributed by atoms with Gasteiger partial charge in [0.2, 0.25) is 5.82 Å². The molecule has 1 aliphatic rings. The first-order valence-corrected chi connectivity index (χ1v) is 13.0. The Bertz CT molecular complexity index is 1380. The number of rotatable bonds is 11. The van der Waals surface area contributed by atoms with Gasteiger partial charge in [-0.2, -0.15) is 4.80 Å². The highest BCUT2D eigenvalue weighted by Crippen LogP contribution is 2.41. The summed E-state index contributed by atoms with van der Waals surface area (Å²) in [6, 6.07) is 14.8. The molecule has 0 radical (unpaired) electrons. The zero-order chi connectivity index (χ0) is 25.8. The van der Waals surface area contributed by atoms with Gasteiger partial charge in [0.25, 0.3) is 0 Å². The van der Waals surface area contributed by atoms with Crippen molar-refractivity contribution in [2.45, 2.75) is 32.6 Å². The van der Waals surface area contributed by atoms with Crippen molar-refractivity contribution in [3.05, 3.63) is 70.7 Å². The second-order valence-corrected chi connectivity index (χ2v) is 9.79. The zero-order valence-electron chi connectivity index (χ0n) is 21.9. The number of hydrogen-bond acceptors (Lipinski definition) is 8. The fourth-order valence-electron chi connectivity index (χ4n) is 4.89. The Morgan fingerprint density at radius 1 is 1.08 bits per heavy atom. The molecule has 5 rings (SSSR count). The van der Waals surface area contributed by atoms with Gasteiger partial charge >= 0.3 is 0 Å². The van der Waals surface area contributed by atoms with E-state index in [0.717, 1.165) is 73.9 Å². The van der Waals surface area contributed by atoms with Crippen molar-refractivity contribution >= 4 is 5.82 Å². The van der Waals surface area contributed by atoms with Crippen molar-refractivity contribution in [3.63, 3.8) is 0 Å². The Kier molecular flexibility index (Phi) is 7.52. The molecule has 9 heteroatoms. The summed E-state index contributed by atoms with van der Waals surface area (Å²) in [7, 11) is 3.93. The van der Waals surface area contributed by atoms with Crippen LogP contribution < -0.4 is 11.1 Å². The number of tetrazole rings is 1. The summed E-state index contributed by atoms with van der Waals surface area (Å²) in [4.78, 5) is 13.9. The summed E-state index contributed by atoms with van der Waals surface area (Å²) in [5.41, 5.74) is 13.7. The number of aromatic nitrogens is 6. The number of nitrogens with one attached hydrogen (secondary N) is 1. The smallest absolute Gasteiger partial charge is 0.204 e. The van der Waals surface area contributed by atoms with Gasteiger partial charge in [0.1, 0.15) is 11.6 Å². The molecule has 0 atom stereocenters. The molecule has 4 aromatic rings. The monoisotopic (exact) mass is 497 g/mol. The number of nitrogens with two attached hydrogens (primary N) is 1. The largest absolute Gasteiger partial charge is 0.369 e. The van der Waals surface area contributed by atoms with Crippen molar-refractivity contribution in [2.24, 2.45) is 12.8 Å². The molecule has 3 N–H and O–H groups in total. The van der Waals surface area contributed by atoms with Crippen LogP contribution in [0.2, 0.25) is 0 Å². The molecule has 192 valence electrons. The van der Waals surface area contributed by atoms with E-state index in [4.69, 9.17) is 15.7 Å². The molecule has 0 fully saturated rings. The molecule has 37 heavy (non-hydrogen) atoms. The fraction of sp³-hybridized carbons (Fsp3) is 0.393. The van der Waals surface area contributed by atoms with Gasteiger partial charge in [0.05, 0.1) is 12.7 Å². The van der Waals surface area contributed by atoms with E-state index in [1.807, 2.05) is 0 Å². The normalized spacial score (nSPS) is 12.1. The quantitative estimate of drug-likeness (QED) is 0.268. The summed E-state index contributed by atoms with van der Waals surface area (Å²) >= 11 is 0. The fourth-order valence-corrected chi connectivity index (χ4v) is 4.89. The first kappa shape index (κ1) is 25.0. The highest BCUT2D eigenvalue weighted by atomic mass is 15.6. The van der Waals surface area contributed by atoms with Crippen LogP contribution in [0.5, 0.6) is 0 Å². The molecule has 2 heterocycles. The minimum absolute atomic E-state index is 0.629. The third-order valence-corrected chi connectivity index (χ3v) is 6.89. The average Bonchev–Trinajstić information content (AvgIpc) is 3.49. The van der Waals surface area contributed by atoms with Crippen LogP contribution in [0.1, 0.15) is 41.1 Å². The van der Waals surface area contributed by atoms with E-state index in [0.29, 0.717) is 12.2 Å². The van der Waals surface area contributed by atoms with Crippen LogP contribution in [0.15, 0.2) is 42.5 Å². The van der Waals surface area contributed by atoms with E-state index in [-0.39, 0.29) is 0 Å². The lowest BCUT2D eigenvalue weighted by Crippen LogP contribution is -2.24. The molecule has 0 saturated heterocycles. The molecule has 0 saturated carbocycles. The van der Waals surface area contributed by atoms with Crippen molar-refractivity contribution in [1.29, 1.82) is 0 Å². The molecular weight excluding hydrogens is 462 g/mol. The number of hydrogen-bond donors (Lipinski definition) is 2. The molecule has 0 unspecified atom stereocenters. The molecule has 2 aromatic carbocycles. The maximum Gasteiger partial charge on any atom is 0.204 e. The number of benzene rings is 2. The highest BCUT2D eigenvalue weighted by Gasteiger charge is 2.26. The zero-order valence-corrected chi connectivity index (χ0v) is 21.9. The maximum atomic E-state index is 5.66. The Morgan fingerprint density at radius 2 is 1.92 bits per heavy atom. The first-order chi connectivity index (χ1) is 18.0. The summed E-state index contributed by atoms with van der Waals surface area (Å²) in [6.07, 6.45) is 3.52. The molecule has 0 amide bonds. The Labute approximate surface area is 218 Å². The lowest BCUT2D eigenvalue weighted by atomic mass is 10.0. The van der Waals surface area contributed by atoms with Crippen LogP contribution in [0.4, 0.5) is 5.82 Å². The molecule has 2 aromatic heterocycles. The average molecular weight is 498 g/mol. The molecule has 1 aliphatic carbocycles. The van der Waals surface area contributed by atoms with Crippen molar-refractivity contribution in [2.75, 3.05) is 38.5 Å². The van der Waals surface area contributed by atoms with Crippen LogP contribution in [-0.4, -0.2) is 68.3 Å². The van der Waals surface area contributed by atoms with Crippen LogP contribution in [0.3, 0.4) is 0 Å². The predicted molar refractivity (Wildman–Crippen MR) is 146 cm³/mol. The number of nitrogens with zero attached hydrogens (tertiary/aromatic N) is 7. The summed E-state index contributed by atoms with van der Waals surface area (Å²) in [6.45, 7) is 5.75. The van der Waals surface area contributed by atoms with Gasteiger partial charge in [0, 0.05) is 30.5 Å². The highest BCUT2D eigenvalue weighted by molar-refractivity contribution is 5.85.